The Bertz CT molecular complexity index is 2080. The smallest absolute Gasteiger partial charge is 0.326 e. The Morgan fingerprint density at radius 3 is 1.77 bits per heavy atom. The number of carbonyl (C=O) groups is 7. The van der Waals surface area contributed by atoms with Crippen molar-refractivity contribution >= 4 is 63.3 Å². The SMILES string of the molecule is CC[C@H](C)[C@H](NC(=O)CNC(=O)[C@H](CC(C)C)NC(=O)[C@H](Cc1c[nH]c2ccccc12)NC(=O)[C@@H](N)Cc1c[nH]c2ccccc12)C(=O)N[C@@H](CC(=O)O)C(=O)O. The third-order valence-electron chi connectivity index (χ3n) is 9.75. The quantitative estimate of drug-likeness (QED) is 0.0581. The van der Waals surface area contributed by atoms with E-state index in [1.807, 2.05) is 62.4 Å². The van der Waals surface area contributed by atoms with Crippen molar-refractivity contribution in [1.82, 2.24) is 36.6 Å². The van der Waals surface area contributed by atoms with Gasteiger partial charge in [0.1, 0.15) is 24.2 Å². The van der Waals surface area contributed by atoms with E-state index in [0.29, 0.717) is 6.42 Å². The second kappa shape index (κ2) is 20.1. The first-order valence-corrected chi connectivity index (χ1v) is 18.9. The standard InChI is InChI=1S/C40H52N8O9/c1-5-22(4)35(39(55)47-32(40(56)57)17-34(50)51)48-33(49)20-44-37(53)30(14-21(2)3)46-38(54)31(16-24-19-43-29-13-9-7-11-26(24)29)45-36(52)27(41)15-23-18-42-28-12-8-6-10-25(23)28/h6-13,18-19,21-22,27,30-32,35,42-43H,5,14-17,20,41H2,1-4H3,(H,44,53)(H,45,52)(H,46,54)(H,47,55)(H,48,49)(H,50,51)(H,56,57)/t22-,27-,30-,31-,32-,35-/m0/s1. The van der Waals surface area contributed by atoms with Crippen LogP contribution in [-0.2, 0) is 46.4 Å². The van der Waals surface area contributed by atoms with Crippen molar-refractivity contribution in [2.45, 2.75) is 90.0 Å². The minimum absolute atomic E-state index is 0.0636. The highest BCUT2D eigenvalue weighted by atomic mass is 16.4. The molecule has 11 N–H and O–H groups in total. The van der Waals surface area contributed by atoms with Crippen LogP contribution in [0.3, 0.4) is 0 Å². The van der Waals surface area contributed by atoms with Crippen LogP contribution in [0, 0.1) is 11.8 Å². The second-order valence-corrected chi connectivity index (χ2v) is 14.6. The lowest BCUT2D eigenvalue weighted by Crippen LogP contribution is -2.58. The highest BCUT2D eigenvalue weighted by molar-refractivity contribution is 5.96. The Kier molecular flexibility index (Phi) is 15.3. The molecule has 2 heterocycles. The van der Waals surface area contributed by atoms with E-state index in [9.17, 15) is 38.7 Å². The van der Waals surface area contributed by atoms with E-state index in [-0.39, 0.29) is 25.2 Å². The number of rotatable bonds is 21. The lowest BCUT2D eigenvalue weighted by Gasteiger charge is -2.26. The van der Waals surface area contributed by atoms with Crippen molar-refractivity contribution in [2.24, 2.45) is 17.6 Å². The number of carbonyl (C=O) groups excluding carboxylic acids is 5. The number of carboxylic acids is 2. The second-order valence-electron chi connectivity index (χ2n) is 14.6. The first kappa shape index (κ1) is 43.5. The van der Waals surface area contributed by atoms with Crippen LogP contribution < -0.4 is 32.3 Å². The fourth-order valence-corrected chi connectivity index (χ4v) is 6.47. The van der Waals surface area contributed by atoms with Crippen LogP contribution in [0.15, 0.2) is 60.9 Å². The summed E-state index contributed by atoms with van der Waals surface area (Å²) in [5, 5.41) is 32.9. The van der Waals surface area contributed by atoms with Gasteiger partial charge in [-0.25, -0.2) is 4.79 Å². The monoisotopic (exact) mass is 788 g/mol. The minimum Gasteiger partial charge on any atom is -0.481 e. The number of fused-ring (bicyclic) bond motifs is 2. The molecule has 0 spiro atoms. The number of H-pyrrole nitrogens is 2. The fraction of sp³-hybridized carbons (Fsp3) is 0.425. The summed E-state index contributed by atoms with van der Waals surface area (Å²) in [7, 11) is 0. The van der Waals surface area contributed by atoms with Gasteiger partial charge in [0, 0.05) is 40.6 Å². The van der Waals surface area contributed by atoms with Gasteiger partial charge in [-0.3, -0.25) is 28.8 Å². The molecule has 2 aromatic heterocycles. The number of aromatic nitrogens is 2. The van der Waals surface area contributed by atoms with Crippen LogP contribution in [0.25, 0.3) is 21.8 Å². The Labute approximate surface area is 329 Å². The Morgan fingerprint density at radius 2 is 1.23 bits per heavy atom. The number of nitrogens with two attached hydrogens (primary N) is 1. The molecular weight excluding hydrogens is 736 g/mol. The number of benzene rings is 2. The van der Waals surface area contributed by atoms with Crippen molar-refractivity contribution in [3.05, 3.63) is 72.1 Å². The molecule has 0 radical (unpaired) electrons. The van der Waals surface area contributed by atoms with Crippen LogP contribution in [0.5, 0.6) is 0 Å². The zero-order chi connectivity index (χ0) is 41.8. The summed E-state index contributed by atoms with van der Waals surface area (Å²) < 4.78 is 0. The van der Waals surface area contributed by atoms with Gasteiger partial charge in [0.25, 0.3) is 0 Å². The molecule has 0 saturated carbocycles. The lowest BCUT2D eigenvalue weighted by molar-refractivity contribution is -0.147. The molecule has 0 aliphatic heterocycles. The van der Waals surface area contributed by atoms with E-state index < -0.39 is 90.6 Å². The van der Waals surface area contributed by atoms with Gasteiger partial charge in [-0.15, -0.1) is 0 Å². The maximum absolute atomic E-state index is 14.1. The van der Waals surface area contributed by atoms with Crippen molar-refractivity contribution in [3.8, 4) is 0 Å². The van der Waals surface area contributed by atoms with E-state index in [1.54, 1.807) is 26.2 Å². The molecule has 0 aliphatic carbocycles. The van der Waals surface area contributed by atoms with Gasteiger partial charge in [-0.1, -0.05) is 70.5 Å². The number of aliphatic carboxylic acids is 2. The van der Waals surface area contributed by atoms with E-state index in [2.05, 4.69) is 36.6 Å². The van der Waals surface area contributed by atoms with Gasteiger partial charge in [0.05, 0.1) is 19.0 Å². The van der Waals surface area contributed by atoms with Crippen molar-refractivity contribution in [2.75, 3.05) is 6.54 Å². The van der Waals surface area contributed by atoms with Crippen molar-refractivity contribution < 1.29 is 43.8 Å². The van der Waals surface area contributed by atoms with Crippen LogP contribution in [0.2, 0.25) is 0 Å². The molecule has 57 heavy (non-hydrogen) atoms. The van der Waals surface area contributed by atoms with Crippen LogP contribution >= 0.6 is 0 Å². The maximum Gasteiger partial charge on any atom is 0.326 e. The van der Waals surface area contributed by atoms with Gasteiger partial charge in [-0.05, 0) is 47.9 Å². The zero-order valence-corrected chi connectivity index (χ0v) is 32.4. The summed E-state index contributed by atoms with van der Waals surface area (Å²) >= 11 is 0. The summed E-state index contributed by atoms with van der Waals surface area (Å²) in [6.45, 7) is 6.48. The fourth-order valence-electron chi connectivity index (χ4n) is 6.47. The van der Waals surface area contributed by atoms with Crippen LogP contribution in [0.1, 0.15) is 58.1 Å². The summed E-state index contributed by atoms with van der Waals surface area (Å²) in [5.74, 6) is -7.16. The van der Waals surface area contributed by atoms with Crippen LogP contribution in [-0.4, -0.2) is 98.4 Å². The molecule has 306 valence electrons. The van der Waals surface area contributed by atoms with Crippen molar-refractivity contribution in [3.63, 3.8) is 0 Å². The molecule has 17 nitrogen and oxygen atoms in total. The van der Waals surface area contributed by atoms with Crippen molar-refractivity contribution in [1.29, 1.82) is 0 Å². The average Bonchev–Trinajstić information content (AvgIpc) is 3.78. The predicted molar refractivity (Wildman–Crippen MR) is 212 cm³/mol. The van der Waals surface area contributed by atoms with Gasteiger partial charge in [0.2, 0.25) is 29.5 Å². The Morgan fingerprint density at radius 1 is 0.684 bits per heavy atom. The van der Waals surface area contributed by atoms with Crippen LogP contribution in [0.4, 0.5) is 0 Å². The minimum atomic E-state index is -1.72. The third kappa shape index (κ3) is 12.1. The Balaban J connectivity index is 1.47. The van der Waals surface area contributed by atoms with E-state index in [1.165, 1.54) is 0 Å². The van der Waals surface area contributed by atoms with Gasteiger partial charge < -0.3 is 52.5 Å². The predicted octanol–water partition coefficient (Wildman–Crippen LogP) is 1.47. The molecule has 5 amide bonds. The number of nitrogens with one attached hydrogen (secondary N) is 7. The molecule has 0 aliphatic rings. The first-order chi connectivity index (χ1) is 27.1. The molecule has 4 rings (SSSR count). The normalized spacial score (nSPS) is 14.5. The molecule has 0 unspecified atom stereocenters. The average molecular weight is 789 g/mol. The number of para-hydroxylation sites is 2. The number of amides is 5. The maximum atomic E-state index is 14.1. The highest BCUT2D eigenvalue weighted by Crippen LogP contribution is 2.21. The number of hydrogen-bond acceptors (Lipinski definition) is 8. The molecule has 0 bridgehead atoms. The zero-order valence-electron chi connectivity index (χ0n) is 32.4. The lowest BCUT2D eigenvalue weighted by atomic mass is 9.97. The molecule has 2 aromatic carbocycles. The van der Waals surface area contributed by atoms with Gasteiger partial charge in [0.15, 0.2) is 0 Å². The number of aromatic amines is 2. The molecule has 4 aromatic rings. The number of carboxylic acid groups (broad SMARTS) is 2. The molecule has 17 heteroatoms. The topological polar surface area (TPSA) is 278 Å². The van der Waals surface area contributed by atoms with E-state index in [0.717, 1.165) is 32.9 Å². The molecule has 0 saturated heterocycles. The summed E-state index contributed by atoms with van der Waals surface area (Å²) in [4.78, 5) is 96.2. The summed E-state index contributed by atoms with van der Waals surface area (Å²) in [5.41, 5.74) is 9.70. The Hall–Kier alpha value is -6.23. The van der Waals surface area contributed by atoms with Gasteiger partial charge >= 0.3 is 11.9 Å². The first-order valence-electron chi connectivity index (χ1n) is 18.9. The summed E-state index contributed by atoms with van der Waals surface area (Å²) in [6.07, 6.45) is 3.50. The third-order valence-corrected chi connectivity index (χ3v) is 9.75. The van der Waals surface area contributed by atoms with Gasteiger partial charge in [-0.2, -0.15) is 0 Å². The molecular formula is C40H52N8O9. The van der Waals surface area contributed by atoms with E-state index >= 15 is 0 Å². The van der Waals surface area contributed by atoms with E-state index in [4.69, 9.17) is 10.8 Å². The molecule has 6 atom stereocenters. The largest absolute Gasteiger partial charge is 0.481 e. The molecule has 0 fully saturated rings. The number of hydrogen-bond donors (Lipinski definition) is 10. The highest BCUT2D eigenvalue weighted by Gasteiger charge is 2.33. The summed E-state index contributed by atoms with van der Waals surface area (Å²) in [6, 6.07) is 8.84.